The number of esters is 1. The summed E-state index contributed by atoms with van der Waals surface area (Å²) >= 11 is 0. The maximum absolute atomic E-state index is 11.7. The molecule has 0 spiro atoms. The monoisotopic (exact) mass is 373 g/mol. The van der Waals surface area contributed by atoms with Crippen LogP contribution in [0.1, 0.15) is 28.5 Å². The number of hydrogen-bond donors (Lipinski definition) is 2. The van der Waals surface area contributed by atoms with Crippen molar-refractivity contribution in [1.29, 1.82) is 5.26 Å². The Labute approximate surface area is 163 Å². The Morgan fingerprint density at radius 2 is 1.68 bits per heavy atom. The van der Waals surface area contributed by atoms with Crippen molar-refractivity contribution in [1.82, 2.24) is 9.97 Å². The molecule has 0 unspecified atom stereocenters. The normalized spacial score (nSPS) is 10.0. The SMILES string of the molecule is CCOC(=O)c1ccc(Nc2cc(C)nc(Nc3ccc(C#N)cc3)n2)cc1. The van der Waals surface area contributed by atoms with Crippen LogP contribution in [0, 0.1) is 18.3 Å². The minimum Gasteiger partial charge on any atom is -0.462 e. The number of nitrogens with one attached hydrogen (secondary N) is 2. The van der Waals surface area contributed by atoms with E-state index in [1.165, 1.54) is 0 Å². The molecule has 0 aliphatic heterocycles. The van der Waals surface area contributed by atoms with Crippen LogP contribution >= 0.6 is 0 Å². The summed E-state index contributed by atoms with van der Waals surface area (Å²) in [6, 6.07) is 17.9. The number of carbonyl (C=O) groups excluding carboxylic acids is 1. The summed E-state index contributed by atoms with van der Waals surface area (Å²) in [6.45, 7) is 3.99. The van der Waals surface area contributed by atoms with Gasteiger partial charge in [0.1, 0.15) is 5.82 Å². The lowest BCUT2D eigenvalue weighted by Crippen LogP contribution is -2.05. The van der Waals surface area contributed by atoms with Gasteiger partial charge < -0.3 is 15.4 Å². The number of ether oxygens (including phenoxy) is 1. The molecule has 0 saturated carbocycles. The van der Waals surface area contributed by atoms with Gasteiger partial charge in [-0.2, -0.15) is 10.2 Å². The summed E-state index contributed by atoms with van der Waals surface area (Å²) in [7, 11) is 0. The first-order valence-electron chi connectivity index (χ1n) is 8.74. The van der Waals surface area contributed by atoms with Crippen molar-refractivity contribution in [3.05, 3.63) is 71.4 Å². The Hall–Kier alpha value is -3.92. The Bertz CT molecular complexity index is 1010. The highest BCUT2D eigenvalue weighted by molar-refractivity contribution is 5.89. The number of benzene rings is 2. The van der Waals surface area contributed by atoms with Crippen molar-refractivity contribution in [3.63, 3.8) is 0 Å². The maximum Gasteiger partial charge on any atom is 0.338 e. The summed E-state index contributed by atoms with van der Waals surface area (Å²) < 4.78 is 4.98. The van der Waals surface area contributed by atoms with Gasteiger partial charge in [0, 0.05) is 23.1 Å². The van der Waals surface area contributed by atoms with Gasteiger partial charge in [-0.1, -0.05) is 0 Å². The molecule has 28 heavy (non-hydrogen) atoms. The molecular weight excluding hydrogens is 354 g/mol. The lowest BCUT2D eigenvalue weighted by molar-refractivity contribution is 0.0526. The number of nitriles is 1. The molecule has 0 radical (unpaired) electrons. The molecule has 2 N–H and O–H groups in total. The Kier molecular flexibility index (Phi) is 5.82. The van der Waals surface area contributed by atoms with Gasteiger partial charge in [-0.3, -0.25) is 0 Å². The van der Waals surface area contributed by atoms with Crippen molar-refractivity contribution < 1.29 is 9.53 Å². The van der Waals surface area contributed by atoms with Crippen LogP contribution in [0.3, 0.4) is 0 Å². The first-order valence-corrected chi connectivity index (χ1v) is 8.74. The van der Waals surface area contributed by atoms with Crippen LogP contribution in [0.4, 0.5) is 23.1 Å². The van der Waals surface area contributed by atoms with Gasteiger partial charge in [0.05, 0.1) is 23.8 Å². The molecule has 3 aromatic rings. The van der Waals surface area contributed by atoms with Crippen LogP contribution in [-0.2, 0) is 4.74 Å². The summed E-state index contributed by atoms with van der Waals surface area (Å²) in [6.07, 6.45) is 0. The Morgan fingerprint density at radius 3 is 2.32 bits per heavy atom. The number of rotatable bonds is 6. The Balaban J connectivity index is 1.74. The second kappa shape index (κ2) is 8.64. The molecule has 0 amide bonds. The predicted molar refractivity (Wildman–Crippen MR) is 107 cm³/mol. The molecule has 140 valence electrons. The van der Waals surface area contributed by atoms with Gasteiger partial charge in [0.15, 0.2) is 0 Å². The fourth-order valence-corrected chi connectivity index (χ4v) is 2.50. The molecule has 0 aliphatic rings. The highest BCUT2D eigenvalue weighted by Gasteiger charge is 2.07. The minimum absolute atomic E-state index is 0.341. The quantitative estimate of drug-likeness (QED) is 0.621. The lowest BCUT2D eigenvalue weighted by Gasteiger charge is -2.10. The molecule has 0 fully saturated rings. The number of carbonyl (C=O) groups is 1. The molecule has 3 rings (SSSR count). The van der Waals surface area contributed by atoms with Crippen LogP contribution in [0.2, 0.25) is 0 Å². The van der Waals surface area contributed by atoms with Gasteiger partial charge in [-0.05, 0) is 62.4 Å². The zero-order valence-corrected chi connectivity index (χ0v) is 15.6. The summed E-state index contributed by atoms with van der Waals surface area (Å²) in [5.41, 5.74) is 3.44. The molecule has 0 saturated heterocycles. The van der Waals surface area contributed by atoms with Crippen LogP contribution in [0.5, 0.6) is 0 Å². The van der Waals surface area contributed by atoms with E-state index in [4.69, 9.17) is 10.00 Å². The highest BCUT2D eigenvalue weighted by Crippen LogP contribution is 2.20. The smallest absolute Gasteiger partial charge is 0.338 e. The number of aryl methyl sites for hydroxylation is 1. The summed E-state index contributed by atoms with van der Waals surface area (Å²) in [5.74, 6) is 0.712. The Morgan fingerprint density at radius 1 is 1.04 bits per heavy atom. The van der Waals surface area contributed by atoms with E-state index in [9.17, 15) is 4.79 Å². The van der Waals surface area contributed by atoms with E-state index in [1.54, 1.807) is 55.5 Å². The van der Waals surface area contributed by atoms with Crippen LogP contribution in [-0.4, -0.2) is 22.5 Å². The number of hydrogen-bond acceptors (Lipinski definition) is 7. The van der Waals surface area contributed by atoms with E-state index in [0.29, 0.717) is 29.5 Å². The van der Waals surface area contributed by atoms with E-state index in [2.05, 4.69) is 26.7 Å². The molecule has 0 bridgehead atoms. The van der Waals surface area contributed by atoms with Gasteiger partial charge >= 0.3 is 5.97 Å². The van der Waals surface area contributed by atoms with Crippen molar-refractivity contribution in [2.75, 3.05) is 17.2 Å². The van der Waals surface area contributed by atoms with Crippen molar-refractivity contribution in [2.24, 2.45) is 0 Å². The van der Waals surface area contributed by atoms with Gasteiger partial charge in [-0.25, -0.2) is 9.78 Å². The first-order chi connectivity index (χ1) is 13.6. The fourth-order valence-electron chi connectivity index (χ4n) is 2.50. The largest absolute Gasteiger partial charge is 0.462 e. The maximum atomic E-state index is 11.7. The van der Waals surface area contributed by atoms with Crippen molar-refractivity contribution in [3.8, 4) is 6.07 Å². The predicted octanol–water partition coefficient (Wildman–Crippen LogP) is 4.32. The number of aromatic nitrogens is 2. The van der Waals surface area contributed by atoms with Crippen molar-refractivity contribution >= 4 is 29.1 Å². The average molecular weight is 373 g/mol. The van der Waals surface area contributed by atoms with E-state index in [-0.39, 0.29) is 5.97 Å². The van der Waals surface area contributed by atoms with E-state index >= 15 is 0 Å². The second-order valence-electron chi connectivity index (χ2n) is 5.96. The van der Waals surface area contributed by atoms with E-state index < -0.39 is 0 Å². The van der Waals surface area contributed by atoms with Gasteiger partial charge in [0.2, 0.25) is 5.95 Å². The topological polar surface area (TPSA) is 99.9 Å². The highest BCUT2D eigenvalue weighted by atomic mass is 16.5. The second-order valence-corrected chi connectivity index (χ2v) is 5.96. The molecule has 1 heterocycles. The zero-order chi connectivity index (χ0) is 19.9. The third-order valence-corrected chi connectivity index (χ3v) is 3.79. The minimum atomic E-state index is -0.346. The molecular formula is C21H19N5O2. The van der Waals surface area contributed by atoms with Gasteiger partial charge in [-0.15, -0.1) is 0 Å². The van der Waals surface area contributed by atoms with Crippen molar-refractivity contribution in [2.45, 2.75) is 13.8 Å². The summed E-state index contributed by atoms with van der Waals surface area (Å²) in [4.78, 5) is 20.6. The third-order valence-electron chi connectivity index (χ3n) is 3.79. The molecule has 2 aromatic carbocycles. The number of anilines is 4. The molecule has 0 aliphatic carbocycles. The first kappa shape index (κ1) is 18.9. The summed E-state index contributed by atoms with van der Waals surface area (Å²) in [5, 5.41) is 15.2. The van der Waals surface area contributed by atoms with Crippen LogP contribution in [0.15, 0.2) is 54.6 Å². The standard InChI is InChI=1S/C21H19N5O2/c1-3-28-20(27)16-6-10-17(11-7-16)24-19-12-14(2)23-21(26-19)25-18-8-4-15(13-22)5-9-18/h4-12H,3H2,1-2H3,(H2,23,24,25,26). The average Bonchev–Trinajstić information content (AvgIpc) is 2.69. The fraction of sp³-hybridized carbons (Fsp3) is 0.143. The molecule has 7 heteroatoms. The molecule has 1 aromatic heterocycles. The molecule has 7 nitrogen and oxygen atoms in total. The van der Waals surface area contributed by atoms with Crippen LogP contribution < -0.4 is 10.6 Å². The zero-order valence-electron chi connectivity index (χ0n) is 15.6. The van der Waals surface area contributed by atoms with E-state index in [0.717, 1.165) is 17.1 Å². The number of nitrogens with zero attached hydrogens (tertiary/aromatic N) is 3. The van der Waals surface area contributed by atoms with E-state index in [1.807, 2.05) is 13.0 Å². The van der Waals surface area contributed by atoms with Gasteiger partial charge in [0.25, 0.3) is 0 Å². The third kappa shape index (κ3) is 4.83. The lowest BCUT2D eigenvalue weighted by atomic mass is 10.2. The van der Waals surface area contributed by atoms with Crippen LogP contribution in [0.25, 0.3) is 0 Å². The molecule has 0 atom stereocenters.